The summed E-state index contributed by atoms with van der Waals surface area (Å²) < 4.78 is 10.5. The van der Waals surface area contributed by atoms with E-state index in [9.17, 15) is 4.79 Å². The number of hydrogen-bond acceptors (Lipinski definition) is 4. The molecule has 2 aromatic rings. The molecule has 5 heteroatoms. The zero-order valence-electron chi connectivity index (χ0n) is 12.8. The second-order valence-corrected chi connectivity index (χ2v) is 4.84. The summed E-state index contributed by atoms with van der Waals surface area (Å²) in [6.45, 7) is 3.82. The predicted molar refractivity (Wildman–Crippen MR) is 82.1 cm³/mol. The van der Waals surface area contributed by atoms with Gasteiger partial charge in [0.15, 0.2) is 0 Å². The summed E-state index contributed by atoms with van der Waals surface area (Å²) in [5.41, 5.74) is 1.96. The van der Waals surface area contributed by atoms with E-state index in [1.165, 1.54) is 0 Å². The van der Waals surface area contributed by atoms with Crippen molar-refractivity contribution in [3.8, 4) is 22.8 Å². The summed E-state index contributed by atoms with van der Waals surface area (Å²) >= 11 is 0. The second-order valence-electron chi connectivity index (χ2n) is 4.84. The maximum Gasteiger partial charge on any atom is 0.254 e. The van der Waals surface area contributed by atoms with Crippen LogP contribution in [0.15, 0.2) is 23.0 Å². The Morgan fingerprint density at radius 2 is 1.76 bits per heavy atom. The van der Waals surface area contributed by atoms with Gasteiger partial charge < -0.3 is 14.5 Å². The highest BCUT2D eigenvalue weighted by Gasteiger charge is 2.12. The fraction of sp³-hybridized carbons (Fsp3) is 0.375. The van der Waals surface area contributed by atoms with Crippen LogP contribution in [0.3, 0.4) is 0 Å². The van der Waals surface area contributed by atoms with Gasteiger partial charge in [-0.25, -0.2) is 4.98 Å². The molecule has 112 valence electrons. The molecule has 1 heterocycles. The van der Waals surface area contributed by atoms with Gasteiger partial charge in [-0.05, 0) is 25.5 Å². The lowest BCUT2D eigenvalue weighted by atomic mass is 10.1. The molecule has 0 saturated heterocycles. The molecule has 0 unspecified atom stereocenters. The van der Waals surface area contributed by atoms with Gasteiger partial charge >= 0.3 is 0 Å². The summed E-state index contributed by atoms with van der Waals surface area (Å²) in [4.78, 5) is 19.5. The van der Waals surface area contributed by atoms with Gasteiger partial charge in [-0.2, -0.15) is 0 Å². The summed E-state index contributed by atoms with van der Waals surface area (Å²) in [6, 6.07) is 5.50. The van der Waals surface area contributed by atoms with Crippen LogP contribution >= 0.6 is 0 Å². The molecular formula is C16H20N2O3. The van der Waals surface area contributed by atoms with Crippen LogP contribution in [-0.2, 0) is 6.42 Å². The van der Waals surface area contributed by atoms with Crippen molar-refractivity contribution < 1.29 is 9.47 Å². The normalized spacial score (nSPS) is 10.5. The third-order valence-corrected chi connectivity index (χ3v) is 3.31. The largest absolute Gasteiger partial charge is 0.497 e. The van der Waals surface area contributed by atoms with E-state index < -0.39 is 0 Å². The Hall–Kier alpha value is -2.30. The number of rotatable bonds is 5. The number of benzene rings is 1. The topological polar surface area (TPSA) is 64.2 Å². The van der Waals surface area contributed by atoms with E-state index >= 15 is 0 Å². The van der Waals surface area contributed by atoms with Gasteiger partial charge in [0.25, 0.3) is 5.56 Å². The average Bonchev–Trinajstić information content (AvgIpc) is 2.50. The van der Waals surface area contributed by atoms with Gasteiger partial charge in [0.05, 0.1) is 19.9 Å². The lowest BCUT2D eigenvalue weighted by Crippen LogP contribution is -2.16. The molecule has 0 bridgehead atoms. The molecule has 0 atom stereocenters. The van der Waals surface area contributed by atoms with Crippen molar-refractivity contribution in [2.75, 3.05) is 14.2 Å². The van der Waals surface area contributed by atoms with E-state index in [0.717, 1.165) is 18.4 Å². The van der Waals surface area contributed by atoms with Crippen LogP contribution in [0.5, 0.6) is 11.5 Å². The summed E-state index contributed by atoms with van der Waals surface area (Å²) in [5.74, 6) is 2.04. The van der Waals surface area contributed by atoms with Crippen LogP contribution in [-0.4, -0.2) is 24.2 Å². The molecule has 0 amide bonds. The van der Waals surface area contributed by atoms with Gasteiger partial charge in [-0.3, -0.25) is 4.79 Å². The lowest BCUT2D eigenvalue weighted by Gasteiger charge is -2.11. The highest BCUT2D eigenvalue weighted by atomic mass is 16.5. The number of hydrogen-bond donors (Lipinski definition) is 1. The molecule has 0 saturated carbocycles. The fourth-order valence-corrected chi connectivity index (χ4v) is 2.16. The van der Waals surface area contributed by atoms with E-state index in [-0.39, 0.29) is 5.56 Å². The Balaban J connectivity index is 2.62. The minimum absolute atomic E-state index is 0.106. The first-order chi connectivity index (χ1) is 10.1. The fourth-order valence-electron chi connectivity index (χ4n) is 2.16. The van der Waals surface area contributed by atoms with Gasteiger partial charge in [-0.1, -0.05) is 6.92 Å². The zero-order valence-corrected chi connectivity index (χ0v) is 12.8. The van der Waals surface area contributed by atoms with E-state index in [1.807, 2.05) is 19.1 Å². The monoisotopic (exact) mass is 288 g/mol. The summed E-state index contributed by atoms with van der Waals surface area (Å²) in [6.07, 6.45) is 1.66. The molecular weight excluding hydrogens is 268 g/mol. The number of methoxy groups -OCH3 is 2. The first-order valence-corrected chi connectivity index (χ1v) is 6.92. The Labute approximate surface area is 124 Å². The third-order valence-electron chi connectivity index (χ3n) is 3.31. The van der Waals surface area contributed by atoms with Crippen LogP contribution in [0.1, 0.15) is 24.7 Å². The number of H-pyrrole nitrogens is 1. The molecule has 2 rings (SSSR count). The molecule has 1 N–H and O–H groups in total. The molecule has 5 nitrogen and oxygen atoms in total. The van der Waals surface area contributed by atoms with E-state index in [4.69, 9.17) is 9.47 Å². The smallest absolute Gasteiger partial charge is 0.254 e. The molecule has 1 aromatic heterocycles. The number of nitrogens with one attached hydrogen (secondary N) is 1. The highest BCUT2D eigenvalue weighted by molar-refractivity contribution is 5.66. The van der Waals surface area contributed by atoms with Crippen molar-refractivity contribution in [1.29, 1.82) is 0 Å². The van der Waals surface area contributed by atoms with Gasteiger partial charge in [0, 0.05) is 23.6 Å². The molecule has 0 spiro atoms. The van der Waals surface area contributed by atoms with Gasteiger partial charge in [0.2, 0.25) is 0 Å². The van der Waals surface area contributed by atoms with Crippen LogP contribution in [0.25, 0.3) is 11.3 Å². The van der Waals surface area contributed by atoms with Crippen LogP contribution in [0.2, 0.25) is 0 Å². The molecule has 0 aliphatic carbocycles. The number of ether oxygens (including phenoxy) is 2. The molecule has 0 fully saturated rings. The Morgan fingerprint density at radius 3 is 2.29 bits per heavy atom. The van der Waals surface area contributed by atoms with E-state index in [0.29, 0.717) is 28.6 Å². The summed E-state index contributed by atoms with van der Waals surface area (Å²) in [5, 5.41) is 0. The lowest BCUT2D eigenvalue weighted by molar-refractivity contribution is 0.394. The summed E-state index contributed by atoms with van der Waals surface area (Å²) in [7, 11) is 3.19. The van der Waals surface area contributed by atoms with E-state index in [2.05, 4.69) is 9.97 Å². The zero-order chi connectivity index (χ0) is 15.4. The van der Waals surface area contributed by atoms with Gasteiger partial charge in [-0.15, -0.1) is 0 Å². The number of nitrogens with zero attached hydrogens (tertiary/aromatic N) is 1. The SMILES string of the molecule is CCCc1nc(-c2cc(OC)cc(OC)c2)c(C)c(=O)[nH]1. The number of aromatic nitrogens is 2. The van der Waals surface area contributed by atoms with Crippen molar-refractivity contribution in [3.63, 3.8) is 0 Å². The molecule has 0 aliphatic heterocycles. The minimum atomic E-state index is -0.106. The average molecular weight is 288 g/mol. The maximum atomic E-state index is 12.1. The third kappa shape index (κ3) is 3.24. The molecule has 0 aliphatic rings. The van der Waals surface area contributed by atoms with Crippen LogP contribution < -0.4 is 15.0 Å². The quantitative estimate of drug-likeness (QED) is 0.918. The Bertz CT molecular complexity index is 670. The number of aryl methyl sites for hydroxylation is 1. The minimum Gasteiger partial charge on any atom is -0.497 e. The van der Waals surface area contributed by atoms with Crippen molar-refractivity contribution in [1.82, 2.24) is 9.97 Å². The van der Waals surface area contributed by atoms with Crippen molar-refractivity contribution in [2.24, 2.45) is 0 Å². The van der Waals surface area contributed by atoms with Crippen LogP contribution in [0, 0.1) is 6.92 Å². The van der Waals surface area contributed by atoms with Gasteiger partial charge in [0.1, 0.15) is 17.3 Å². The van der Waals surface area contributed by atoms with Crippen molar-refractivity contribution in [3.05, 3.63) is 39.9 Å². The first-order valence-electron chi connectivity index (χ1n) is 6.92. The predicted octanol–water partition coefficient (Wildman–Crippen LogP) is 2.72. The molecule has 21 heavy (non-hydrogen) atoms. The molecule has 1 aromatic carbocycles. The molecule has 0 radical (unpaired) electrons. The highest BCUT2D eigenvalue weighted by Crippen LogP contribution is 2.29. The Kier molecular flexibility index (Phi) is 4.62. The standard InChI is InChI=1S/C16H20N2O3/c1-5-6-14-17-15(10(2)16(19)18-14)11-7-12(20-3)9-13(8-11)21-4/h7-9H,5-6H2,1-4H3,(H,17,18,19). The van der Waals surface area contributed by atoms with E-state index in [1.54, 1.807) is 27.2 Å². The van der Waals surface area contributed by atoms with Crippen molar-refractivity contribution in [2.45, 2.75) is 26.7 Å². The second kappa shape index (κ2) is 6.43. The number of aromatic amines is 1. The van der Waals surface area contributed by atoms with Crippen LogP contribution in [0.4, 0.5) is 0 Å². The first kappa shape index (κ1) is 15.1. The maximum absolute atomic E-state index is 12.1. The van der Waals surface area contributed by atoms with Crippen molar-refractivity contribution >= 4 is 0 Å². The Morgan fingerprint density at radius 1 is 1.14 bits per heavy atom.